The number of carbonyl (C=O) groups excluding carboxylic acids is 1. The summed E-state index contributed by atoms with van der Waals surface area (Å²) in [6.07, 6.45) is 1.34. The van der Waals surface area contributed by atoms with Gasteiger partial charge in [0.05, 0.1) is 10.2 Å². The average molecular weight is 329 g/mol. The van der Waals surface area contributed by atoms with Crippen molar-refractivity contribution in [2.75, 3.05) is 18.8 Å². The number of carbonyl (C=O) groups is 1. The van der Waals surface area contributed by atoms with Gasteiger partial charge in [-0.05, 0) is 36.7 Å². The molecule has 0 saturated carbocycles. The molecule has 1 aromatic heterocycles. The number of nitrogens with two attached hydrogens (primary N) is 1. The van der Waals surface area contributed by atoms with E-state index < -0.39 is 5.60 Å². The molecule has 6 nitrogen and oxygen atoms in total. The number of anilines is 1. The van der Waals surface area contributed by atoms with E-state index in [1.807, 2.05) is 20.8 Å². The van der Waals surface area contributed by atoms with Gasteiger partial charge in [0, 0.05) is 25.2 Å². The van der Waals surface area contributed by atoms with Crippen molar-refractivity contribution in [1.29, 1.82) is 0 Å². The van der Waals surface area contributed by atoms with Crippen LogP contribution in [0.5, 0.6) is 0 Å². The molecule has 1 aromatic rings. The molecule has 0 aliphatic carbocycles. The highest BCUT2D eigenvalue weighted by Gasteiger charge is 2.36. The third-order valence-corrected chi connectivity index (χ3v) is 3.32. The molecule has 0 aromatic carbocycles. The van der Waals surface area contributed by atoms with Crippen LogP contribution in [0.15, 0.2) is 10.7 Å². The van der Waals surface area contributed by atoms with E-state index in [-0.39, 0.29) is 18.0 Å². The van der Waals surface area contributed by atoms with Gasteiger partial charge in [-0.15, -0.1) is 0 Å². The van der Waals surface area contributed by atoms with E-state index in [2.05, 4.69) is 25.9 Å². The molecule has 0 radical (unpaired) electrons. The smallest absolute Gasteiger partial charge is 0.410 e. The lowest BCUT2D eigenvalue weighted by Crippen LogP contribution is -2.50. The lowest BCUT2D eigenvalue weighted by atomic mass is 9.97. The largest absolute Gasteiger partial charge is 0.444 e. The number of nitrogens with zero attached hydrogens (tertiary/aromatic N) is 3. The molecule has 104 valence electrons. The maximum absolute atomic E-state index is 11.8. The van der Waals surface area contributed by atoms with E-state index in [0.717, 1.165) is 10.2 Å². The van der Waals surface area contributed by atoms with Crippen LogP contribution in [0.2, 0.25) is 0 Å². The van der Waals surface area contributed by atoms with Gasteiger partial charge >= 0.3 is 6.09 Å². The molecule has 0 atom stereocenters. The van der Waals surface area contributed by atoms with Crippen LogP contribution in [-0.4, -0.2) is 39.7 Å². The van der Waals surface area contributed by atoms with E-state index in [1.54, 1.807) is 11.1 Å². The summed E-state index contributed by atoms with van der Waals surface area (Å²) >= 11 is 3.40. The molecule has 7 heteroatoms. The number of halogens is 1. The number of ether oxygens (including phenoxy) is 1. The van der Waals surface area contributed by atoms with Crippen molar-refractivity contribution in [2.24, 2.45) is 0 Å². The molecule has 1 aliphatic rings. The van der Waals surface area contributed by atoms with Crippen LogP contribution in [0.1, 0.15) is 32.4 Å². The van der Waals surface area contributed by atoms with Crippen molar-refractivity contribution >= 4 is 28.0 Å². The van der Waals surface area contributed by atoms with Gasteiger partial charge in [0.2, 0.25) is 5.95 Å². The summed E-state index contributed by atoms with van der Waals surface area (Å²) in [5.41, 5.74) is 5.94. The summed E-state index contributed by atoms with van der Waals surface area (Å²) in [5, 5.41) is 0. The lowest BCUT2D eigenvalue weighted by molar-refractivity contribution is 0.00782. The molecule has 2 heterocycles. The van der Waals surface area contributed by atoms with Gasteiger partial charge in [0.25, 0.3) is 0 Å². The Morgan fingerprint density at radius 3 is 2.74 bits per heavy atom. The van der Waals surface area contributed by atoms with E-state index >= 15 is 0 Å². The number of rotatable bonds is 1. The number of hydrogen-bond donors (Lipinski definition) is 1. The van der Waals surface area contributed by atoms with Gasteiger partial charge < -0.3 is 15.4 Å². The van der Waals surface area contributed by atoms with Crippen LogP contribution in [0.3, 0.4) is 0 Å². The van der Waals surface area contributed by atoms with E-state index in [4.69, 9.17) is 10.5 Å². The molecule has 0 unspecified atom stereocenters. The quantitative estimate of drug-likeness (QED) is 0.854. The molecule has 2 rings (SSSR count). The fraction of sp³-hybridized carbons (Fsp3) is 0.583. The fourth-order valence-electron chi connectivity index (χ4n) is 1.81. The summed E-state index contributed by atoms with van der Waals surface area (Å²) in [4.78, 5) is 21.6. The predicted molar refractivity (Wildman–Crippen MR) is 74.7 cm³/mol. The second kappa shape index (κ2) is 4.96. The fourth-order valence-corrected chi connectivity index (χ4v) is 2.32. The van der Waals surface area contributed by atoms with Crippen molar-refractivity contribution in [3.63, 3.8) is 0 Å². The lowest BCUT2D eigenvalue weighted by Gasteiger charge is -2.39. The summed E-state index contributed by atoms with van der Waals surface area (Å²) in [6, 6.07) is 0. The summed E-state index contributed by atoms with van der Waals surface area (Å²) in [5.74, 6) is 0.418. The molecule has 0 bridgehead atoms. The van der Waals surface area contributed by atoms with Crippen molar-refractivity contribution in [1.82, 2.24) is 14.9 Å². The topological polar surface area (TPSA) is 81.3 Å². The average Bonchev–Trinajstić information content (AvgIpc) is 2.18. The van der Waals surface area contributed by atoms with E-state index in [9.17, 15) is 4.79 Å². The maximum atomic E-state index is 11.8. The highest BCUT2D eigenvalue weighted by Crippen LogP contribution is 2.31. The third-order valence-electron chi connectivity index (χ3n) is 2.71. The van der Waals surface area contributed by atoms with Crippen LogP contribution in [0, 0.1) is 0 Å². The van der Waals surface area contributed by atoms with Crippen molar-refractivity contribution in [3.8, 4) is 0 Å². The first-order valence-electron chi connectivity index (χ1n) is 6.02. The van der Waals surface area contributed by atoms with Gasteiger partial charge in [-0.25, -0.2) is 14.8 Å². The third kappa shape index (κ3) is 3.34. The summed E-state index contributed by atoms with van der Waals surface area (Å²) in [6.45, 7) is 6.73. The molecular formula is C12H17BrN4O2. The van der Waals surface area contributed by atoms with Crippen LogP contribution < -0.4 is 5.73 Å². The Morgan fingerprint density at radius 1 is 1.53 bits per heavy atom. The molecule has 2 N–H and O–H groups in total. The molecule has 0 spiro atoms. The number of aromatic nitrogens is 2. The molecule has 1 aliphatic heterocycles. The first-order valence-corrected chi connectivity index (χ1v) is 6.81. The SMILES string of the molecule is CC(C)(C)OC(=O)N1CC(c2nc(N)ncc2Br)C1. The Kier molecular flexibility index (Phi) is 3.66. The molecule has 1 fully saturated rings. The highest BCUT2D eigenvalue weighted by molar-refractivity contribution is 9.10. The normalized spacial score (nSPS) is 16.1. The Labute approximate surface area is 120 Å². The number of likely N-dealkylation sites (tertiary alicyclic amines) is 1. The van der Waals surface area contributed by atoms with Crippen molar-refractivity contribution in [2.45, 2.75) is 32.3 Å². The van der Waals surface area contributed by atoms with Gasteiger partial charge in [-0.2, -0.15) is 0 Å². The van der Waals surface area contributed by atoms with Crippen LogP contribution in [0.25, 0.3) is 0 Å². The standard InChI is InChI=1S/C12H17BrN4O2/c1-12(2,3)19-11(18)17-5-7(6-17)9-8(13)4-15-10(14)16-9/h4,7H,5-6H2,1-3H3,(H2,14,15,16). The number of nitrogen functional groups attached to an aromatic ring is 1. The van der Waals surface area contributed by atoms with Crippen molar-refractivity contribution < 1.29 is 9.53 Å². The second-order valence-corrected chi connectivity index (χ2v) is 6.40. The Morgan fingerprint density at radius 2 is 2.16 bits per heavy atom. The summed E-state index contributed by atoms with van der Waals surface area (Å²) < 4.78 is 6.11. The van der Waals surface area contributed by atoms with Gasteiger partial charge in [0.15, 0.2) is 0 Å². The van der Waals surface area contributed by atoms with Gasteiger partial charge in [0.1, 0.15) is 5.60 Å². The minimum atomic E-state index is -0.470. The molecule has 1 saturated heterocycles. The van der Waals surface area contributed by atoms with Crippen LogP contribution >= 0.6 is 15.9 Å². The zero-order chi connectivity index (χ0) is 14.2. The zero-order valence-corrected chi connectivity index (χ0v) is 12.8. The monoisotopic (exact) mass is 328 g/mol. The minimum Gasteiger partial charge on any atom is -0.444 e. The van der Waals surface area contributed by atoms with Crippen LogP contribution in [0.4, 0.5) is 10.7 Å². The molecular weight excluding hydrogens is 312 g/mol. The van der Waals surface area contributed by atoms with Gasteiger partial charge in [-0.1, -0.05) is 0 Å². The first kappa shape index (κ1) is 14.0. The number of hydrogen-bond acceptors (Lipinski definition) is 5. The molecule has 1 amide bonds. The second-order valence-electron chi connectivity index (χ2n) is 5.54. The summed E-state index contributed by atoms with van der Waals surface area (Å²) in [7, 11) is 0. The number of amides is 1. The predicted octanol–water partition coefficient (Wildman–Crippen LogP) is 2.16. The van der Waals surface area contributed by atoms with E-state index in [0.29, 0.717) is 13.1 Å². The Balaban J connectivity index is 1.96. The molecule has 19 heavy (non-hydrogen) atoms. The van der Waals surface area contributed by atoms with Gasteiger partial charge in [-0.3, -0.25) is 0 Å². The zero-order valence-electron chi connectivity index (χ0n) is 11.2. The first-order chi connectivity index (χ1) is 8.76. The van der Waals surface area contributed by atoms with E-state index in [1.165, 1.54) is 0 Å². The highest BCUT2D eigenvalue weighted by atomic mass is 79.9. The Bertz CT molecular complexity index is 495. The van der Waals surface area contributed by atoms with Crippen LogP contribution in [-0.2, 0) is 4.74 Å². The Hall–Kier alpha value is -1.37. The minimum absolute atomic E-state index is 0.173. The maximum Gasteiger partial charge on any atom is 0.410 e. The van der Waals surface area contributed by atoms with Crippen molar-refractivity contribution in [3.05, 3.63) is 16.4 Å².